The Kier molecular flexibility index (Phi) is 4.09. The zero-order chi connectivity index (χ0) is 13.1. The summed E-state index contributed by atoms with van der Waals surface area (Å²) in [5.74, 6) is -0.207. The predicted octanol–water partition coefficient (Wildman–Crippen LogP) is 3.93. The summed E-state index contributed by atoms with van der Waals surface area (Å²) >= 11 is 1.56. The van der Waals surface area contributed by atoms with Crippen LogP contribution in [0.3, 0.4) is 0 Å². The van der Waals surface area contributed by atoms with Crippen molar-refractivity contribution in [2.45, 2.75) is 26.8 Å². The topological polar surface area (TPSA) is 24.9 Å². The van der Waals surface area contributed by atoms with Gasteiger partial charge in [0, 0.05) is 17.0 Å². The van der Waals surface area contributed by atoms with E-state index in [2.05, 4.69) is 24.1 Å². The normalized spacial score (nSPS) is 12.7. The van der Waals surface area contributed by atoms with Gasteiger partial charge in [-0.1, -0.05) is 6.92 Å². The van der Waals surface area contributed by atoms with Crippen LogP contribution in [0.25, 0.3) is 10.6 Å². The van der Waals surface area contributed by atoms with Crippen LogP contribution in [0.5, 0.6) is 0 Å². The van der Waals surface area contributed by atoms with E-state index in [4.69, 9.17) is 0 Å². The van der Waals surface area contributed by atoms with E-state index in [1.165, 1.54) is 12.1 Å². The molecular weight excluding hydrogens is 247 g/mol. The van der Waals surface area contributed by atoms with Crippen LogP contribution in [-0.2, 0) is 0 Å². The van der Waals surface area contributed by atoms with Gasteiger partial charge in [0.2, 0.25) is 0 Å². The zero-order valence-corrected chi connectivity index (χ0v) is 11.6. The van der Waals surface area contributed by atoms with Crippen molar-refractivity contribution in [2.75, 3.05) is 6.54 Å². The highest BCUT2D eigenvalue weighted by Gasteiger charge is 2.11. The molecule has 1 unspecified atom stereocenters. The third-order valence-electron chi connectivity index (χ3n) is 2.76. The van der Waals surface area contributed by atoms with Crippen molar-refractivity contribution in [3.05, 3.63) is 40.7 Å². The molecule has 96 valence electrons. The molecule has 2 aromatic rings. The van der Waals surface area contributed by atoms with Gasteiger partial charge < -0.3 is 5.32 Å². The Balaban J connectivity index is 2.29. The van der Waals surface area contributed by atoms with Crippen LogP contribution in [0, 0.1) is 12.7 Å². The predicted molar refractivity (Wildman–Crippen MR) is 74.3 cm³/mol. The lowest BCUT2D eigenvalue weighted by molar-refractivity contribution is 0.587. The summed E-state index contributed by atoms with van der Waals surface area (Å²) < 4.78 is 13.4. The van der Waals surface area contributed by atoms with Crippen LogP contribution < -0.4 is 5.32 Å². The van der Waals surface area contributed by atoms with E-state index in [1.807, 2.05) is 18.4 Å². The maximum atomic E-state index is 13.4. The molecule has 1 atom stereocenters. The summed E-state index contributed by atoms with van der Waals surface area (Å²) in [6, 6.07) is 5.26. The Bertz CT molecular complexity index is 516. The van der Waals surface area contributed by atoms with Gasteiger partial charge in [0.05, 0.1) is 5.69 Å². The average molecular weight is 264 g/mol. The van der Waals surface area contributed by atoms with Crippen LogP contribution >= 0.6 is 11.3 Å². The number of thiazole rings is 1. The monoisotopic (exact) mass is 264 g/mol. The first-order valence-electron chi connectivity index (χ1n) is 6.06. The Morgan fingerprint density at radius 1 is 1.39 bits per heavy atom. The SMILES string of the molecule is CCNC(C)c1csc(-c2cc(C)cc(F)c2)n1. The van der Waals surface area contributed by atoms with Crippen LogP contribution in [0.2, 0.25) is 0 Å². The van der Waals surface area contributed by atoms with E-state index in [1.54, 1.807) is 11.3 Å². The molecule has 2 rings (SSSR count). The summed E-state index contributed by atoms with van der Waals surface area (Å²) in [7, 11) is 0. The number of nitrogens with one attached hydrogen (secondary N) is 1. The van der Waals surface area contributed by atoms with Crippen LogP contribution in [0.15, 0.2) is 23.6 Å². The maximum Gasteiger partial charge on any atom is 0.124 e. The lowest BCUT2D eigenvalue weighted by Crippen LogP contribution is -2.17. The molecule has 0 radical (unpaired) electrons. The molecule has 1 aromatic carbocycles. The van der Waals surface area contributed by atoms with Gasteiger partial charge in [-0.25, -0.2) is 9.37 Å². The first-order valence-corrected chi connectivity index (χ1v) is 6.94. The summed E-state index contributed by atoms with van der Waals surface area (Å²) in [5, 5.41) is 6.22. The van der Waals surface area contributed by atoms with E-state index >= 15 is 0 Å². The van der Waals surface area contributed by atoms with E-state index in [9.17, 15) is 4.39 Å². The Hall–Kier alpha value is -1.26. The van der Waals surface area contributed by atoms with Gasteiger partial charge in [-0.05, 0) is 44.2 Å². The third-order valence-corrected chi connectivity index (χ3v) is 3.67. The number of aryl methyl sites for hydroxylation is 1. The molecule has 1 aromatic heterocycles. The molecule has 1 N–H and O–H groups in total. The minimum atomic E-state index is -0.207. The largest absolute Gasteiger partial charge is 0.309 e. The number of hydrogen-bond donors (Lipinski definition) is 1. The Morgan fingerprint density at radius 2 is 2.17 bits per heavy atom. The van der Waals surface area contributed by atoms with Gasteiger partial charge in [-0.3, -0.25) is 0 Å². The molecule has 18 heavy (non-hydrogen) atoms. The van der Waals surface area contributed by atoms with Gasteiger partial charge >= 0.3 is 0 Å². The van der Waals surface area contributed by atoms with Crippen molar-refractivity contribution in [2.24, 2.45) is 0 Å². The second kappa shape index (κ2) is 5.59. The molecule has 4 heteroatoms. The smallest absolute Gasteiger partial charge is 0.124 e. The van der Waals surface area contributed by atoms with Crippen molar-refractivity contribution >= 4 is 11.3 Å². The first-order chi connectivity index (χ1) is 8.60. The van der Waals surface area contributed by atoms with Crippen LogP contribution in [0.1, 0.15) is 31.1 Å². The van der Waals surface area contributed by atoms with E-state index in [0.29, 0.717) is 0 Å². The van der Waals surface area contributed by atoms with Gasteiger partial charge in [0.25, 0.3) is 0 Å². The lowest BCUT2D eigenvalue weighted by Gasteiger charge is -2.08. The molecule has 0 aliphatic rings. The van der Waals surface area contributed by atoms with Gasteiger partial charge in [-0.15, -0.1) is 11.3 Å². The van der Waals surface area contributed by atoms with Crippen molar-refractivity contribution in [3.8, 4) is 10.6 Å². The Labute approximate surface area is 111 Å². The minimum Gasteiger partial charge on any atom is -0.309 e. The molecular formula is C14H17FN2S. The molecule has 1 heterocycles. The number of aromatic nitrogens is 1. The molecule has 0 aliphatic heterocycles. The fraction of sp³-hybridized carbons (Fsp3) is 0.357. The van der Waals surface area contributed by atoms with E-state index < -0.39 is 0 Å². The maximum absolute atomic E-state index is 13.4. The second-order valence-corrected chi connectivity index (χ2v) is 5.23. The summed E-state index contributed by atoms with van der Waals surface area (Å²) in [6.45, 7) is 6.95. The average Bonchev–Trinajstić information content (AvgIpc) is 2.77. The molecule has 0 fully saturated rings. The molecule has 0 aliphatic carbocycles. The number of benzene rings is 1. The van der Waals surface area contributed by atoms with Crippen molar-refractivity contribution in [3.63, 3.8) is 0 Å². The lowest BCUT2D eigenvalue weighted by atomic mass is 10.1. The van der Waals surface area contributed by atoms with E-state index in [0.717, 1.165) is 28.4 Å². The Morgan fingerprint density at radius 3 is 2.83 bits per heavy atom. The van der Waals surface area contributed by atoms with Crippen molar-refractivity contribution < 1.29 is 4.39 Å². The number of rotatable bonds is 4. The molecule has 0 amide bonds. The zero-order valence-electron chi connectivity index (χ0n) is 10.8. The fourth-order valence-corrected chi connectivity index (χ4v) is 2.79. The second-order valence-electron chi connectivity index (χ2n) is 4.37. The van der Waals surface area contributed by atoms with Crippen LogP contribution in [0.4, 0.5) is 4.39 Å². The minimum absolute atomic E-state index is 0.207. The van der Waals surface area contributed by atoms with Gasteiger partial charge in [0.1, 0.15) is 10.8 Å². The molecule has 0 bridgehead atoms. The van der Waals surface area contributed by atoms with Crippen molar-refractivity contribution in [1.29, 1.82) is 0 Å². The molecule has 0 saturated carbocycles. The first kappa shape index (κ1) is 13.2. The number of hydrogen-bond acceptors (Lipinski definition) is 3. The van der Waals surface area contributed by atoms with Gasteiger partial charge in [-0.2, -0.15) is 0 Å². The molecule has 0 saturated heterocycles. The summed E-state index contributed by atoms with van der Waals surface area (Å²) in [4.78, 5) is 4.57. The fourth-order valence-electron chi connectivity index (χ4n) is 1.89. The highest BCUT2D eigenvalue weighted by atomic mass is 32.1. The number of halogens is 1. The highest BCUT2D eigenvalue weighted by molar-refractivity contribution is 7.13. The van der Waals surface area contributed by atoms with Crippen LogP contribution in [-0.4, -0.2) is 11.5 Å². The summed E-state index contributed by atoms with van der Waals surface area (Å²) in [5.41, 5.74) is 2.78. The molecule has 0 spiro atoms. The molecule has 2 nitrogen and oxygen atoms in total. The third kappa shape index (κ3) is 2.94. The highest BCUT2D eigenvalue weighted by Crippen LogP contribution is 2.27. The standard InChI is InChI=1S/C14H17FN2S/c1-4-16-10(3)13-8-18-14(17-13)11-5-9(2)6-12(15)7-11/h5-8,10,16H,4H2,1-3H3. The van der Waals surface area contributed by atoms with Gasteiger partial charge in [0.15, 0.2) is 0 Å². The van der Waals surface area contributed by atoms with E-state index in [-0.39, 0.29) is 11.9 Å². The summed E-state index contributed by atoms with van der Waals surface area (Å²) in [6.07, 6.45) is 0. The number of nitrogens with zero attached hydrogens (tertiary/aromatic N) is 1. The van der Waals surface area contributed by atoms with Crippen molar-refractivity contribution in [1.82, 2.24) is 10.3 Å². The quantitative estimate of drug-likeness (QED) is 0.905.